The molecule has 4 rings (SSSR count). The van der Waals surface area contributed by atoms with E-state index < -0.39 is 0 Å². The average molecular weight is 397 g/mol. The fraction of sp³-hybridized carbons (Fsp3) is 0.524. The summed E-state index contributed by atoms with van der Waals surface area (Å²) >= 11 is 0. The number of carbonyl (C=O) groups is 2. The lowest BCUT2D eigenvalue weighted by Crippen LogP contribution is -2.53. The summed E-state index contributed by atoms with van der Waals surface area (Å²) in [4.78, 5) is 35.5. The Hall–Kier alpha value is -2.74. The van der Waals surface area contributed by atoms with Crippen LogP contribution in [0, 0.1) is 0 Å². The molecule has 2 amide bonds. The normalized spacial score (nSPS) is 20.7. The number of aromatic nitrogens is 2. The van der Waals surface area contributed by atoms with Gasteiger partial charge in [-0.3, -0.25) is 14.5 Å². The highest BCUT2D eigenvalue weighted by Crippen LogP contribution is 2.18. The van der Waals surface area contributed by atoms with Gasteiger partial charge in [0.2, 0.25) is 18.1 Å². The van der Waals surface area contributed by atoms with Gasteiger partial charge in [0.15, 0.2) is 0 Å². The van der Waals surface area contributed by atoms with Crippen LogP contribution in [-0.4, -0.2) is 82.0 Å². The monoisotopic (exact) mass is 397 g/mol. The van der Waals surface area contributed by atoms with Gasteiger partial charge >= 0.3 is 0 Å². The van der Waals surface area contributed by atoms with Crippen LogP contribution in [-0.2, 0) is 4.79 Å². The van der Waals surface area contributed by atoms with E-state index in [1.165, 1.54) is 12.8 Å². The summed E-state index contributed by atoms with van der Waals surface area (Å²) in [6.45, 7) is 6.17. The summed E-state index contributed by atoms with van der Waals surface area (Å²) in [6, 6.07) is 7.58. The second-order valence-corrected chi connectivity index (χ2v) is 7.83. The number of carbonyl (C=O) groups excluding carboxylic acids is 2. The van der Waals surface area contributed by atoms with Crippen molar-refractivity contribution in [2.75, 3.05) is 39.3 Å². The van der Waals surface area contributed by atoms with Crippen molar-refractivity contribution in [3.8, 4) is 11.4 Å². The van der Waals surface area contributed by atoms with Gasteiger partial charge in [0, 0.05) is 49.9 Å². The molecule has 3 heterocycles. The lowest BCUT2D eigenvalue weighted by molar-refractivity contribution is -0.136. The number of piperidine rings is 1. The van der Waals surface area contributed by atoms with Crippen molar-refractivity contribution in [1.82, 2.24) is 24.8 Å². The largest absolute Gasteiger partial charge is 0.342 e. The molecule has 1 atom stereocenters. The molecule has 2 fully saturated rings. The second kappa shape index (κ2) is 8.73. The molecule has 8 heteroatoms. The van der Waals surface area contributed by atoms with Crippen LogP contribution in [0.2, 0.25) is 0 Å². The summed E-state index contributed by atoms with van der Waals surface area (Å²) in [7, 11) is 0. The quantitative estimate of drug-likeness (QED) is 0.784. The first-order chi connectivity index (χ1) is 14.1. The zero-order chi connectivity index (χ0) is 20.2. The lowest BCUT2D eigenvalue weighted by atomic mass is 10.0. The fourth-order valence-electron chi connectivity index (χ4n) is 4.10. The van der Waals surface area contributed by atoms with E-state index in [2.05, 4.69) is 22.0 Å². The fourth-order valence-corrected chi connectivity index (χ4v) is 4.10. The molecule has 0 saturated carbocycles. The standard InChI is InChI=1S/C21H27N5O3/c1-16-4-2-3-9-26(16)19(27)14-24-10-12-25(13-11-24)21(28)18-7-5-17(6-8-18)20-22-15-29-23-20/h5-8,15-16H,2-4,9-14H2,1H3. The maximum Gasteiger partial charge on any atom is 0.253 e. The Morgan fingerprint density at radius 2 is 1.83 bits per heavy atom. The van der Waals surface area contributed by atoms with Gasteiger partial charge in [-0.1, -0.05) is 17.3 Å². The third kappa shape index (κ3) is 4.48. The van der Waals surface area contributed by atoms with Crippen molar-refractivity contribution in [2.45, 2.75) is 32.2 Å². The van der Waals surface area contributed by atoms with E-state index in [-0.39, 0.29) is 11.8 Å². The number of nitrogens with zero attached hydrogens (tertiary/aromatic N) is 5. The van der Waals surface area contributed by atoms with Crippen molar-refractivity contribution in [2.24, 2.45) is 0 Å². The molecule has 29 heavy (non-hydrogen) atoms. The van der Waals surface area contributed by atoms with Crippen LogP contribution in [0.15, 0.2) is 35.2 Å². The third-order valence-corrected chi connectivity index (χ3v) is 5.89. The van der Waals surface area contributed by atoms with Crippen molar-refractivity contribution in [3.05, 3.63) is 36.2 Å². The van der Waals surface area contributed by atoms with Crippen LogP contribution < -0.4 is 0 Å². The summed E-state index contributed by atoms with van der Waals surface area (Å²) in [5.74, 6) is 0.736. The summed E-state index contributed by atoms with van der Waals surface area (Å²) in [5.41, 5.74) is 1.45. The average Bonchev–Trinajstić information content (AvgIpc) is 3.29. The van der Waals surface area contributed by atoms with Gasteiger partial charge < -0.3 is 14.3 Å². The molecular formula is C21H27N5O3. The molecule has 1 aromatic carbocycles. The van der Waals surface area contributed by atoms with Crippen molar-refractivity contribution < 1.29 is 14.1 Å². The molecule has 2 aliphatic heterocycles. The number of piperazine rings is 1. The SMILES string of the molecule is CC1CCCCN1C(=O)CN1CCN(C(=O)c2ccc(-c3ncon3)cc2)CC1. The number of hydrogen-bond donors (Lipinski definition) is 0. The molecule has 2 aliphatic rings. The molecule has 154 valence electrons. The van der Waals surface area contributed by atoms with Gasteiger partial charge in [-0.15, -0.1) is 0 Å². The van der Waals surface area contributed by atoms with Crippen LogP contribution >= 0.6 is 0 Å². The van der Waals surface area contributed by atoms with Crippen molar-refractivity contribution in [3.63, 3.8) is 0 Å². The number of rotatable bonds is 4. The Bertz CT molecular complexity index is 829. The highest BCUT2D eigenvalue weighted by Gasteiger charge is 2.27. The topological polar surface area (TPSA) is 82.8 Å². The van der Waals surface area contributed by atoms with Gasteiger partial charge in [0.05, 0.1) is 6.54 Å². The van der Waals surface area contributed by atoms with E-state index in [0.29, 0.717) is 37.1 Å². The molecule has 2 saturated heterocycles. The summed E-state index contributed by atoms with van der Waals surface area (Å²) in [5, 5.41) is 3.80. The van der Waals surface area contributed by atoms with Crippen LogP contribution in [0.1, 0.15) is 36.5 Å². The smallest absolute Gasteiger partial charge is 0.253 e. The van der Waals surface area contributed by atoms with Crippen LogP contribution in [0.5, 0.6) is 0 Å². The Balaban J connectivity index is 1.29. The first kappa shape index (κ1) is 19.6. The molecule has 8 nitrogen and oxygen atoms in total. The minimum Gasteiger partial charge on any atom is -0.342 e. The minimum absolute atomic E-state index is 0.0142. The zero-order valence-corrected chi connectivity index (χ0v) is 16.8. The molecule has 1 aromatic heterocycles. The minimum atomic E-state index is 0.0142. The number of amides is 2. The number of likely N-dealkylation sites (tertiary alicyclic amines) is 1. The Kier molecular flexibility index (Phi) is 5.89. The first-order valence-electron chi connectivity index (χ1n) is 10.3. The summed E-state index contributed by atoms with van der Waals surface area (Å²) < 4.78 is 4.76. The predicted molar refractivity (Wildman–Crippen MR) is 107 cm³/mol. The molecule has 0 spiro atoms. The van der Waals surface area contributed by atoms with E-state index in [1.54, 1.807) is 12.1 Å². The molecule has 0 aliphatic carbocycles. The Morgan fingerprint density at radius 3 is 2.48 bits per heavy atom. The molecular weight excluding hydrogens is 370 g/mol. The Labute approximate surface area is 170 Å². The highest BCUT2D eigenvalue weighted by atomic mass is 16.5. The number of hydrogen-bond acceptors (Lipinski definition) is 6. The van der Waals surface area contributed by atoms with Gasteiger partial charge in [-0.05, 0) is 38.3 Å². The molecule has 2 aromatic rings. The molecule has 1 unspecified atom stereocenters. The van der Waals surface area contributed by atoms with E-state index >= 15 is 0 Å². The van der Waals surface area contributed by atoms with Gasteiger partial charge in [-0.25, -0.2) is 0 Å². The molecule has 0 bridgehead atoms. The molecule has 0 N–H and O–H groups in total. The lowest BCUT2D eigenvalue weighted by Gasteiger charge is -2.38. The third-order valence-electron chi connectivity index (χ3n) is 5.89. The maximum atomic E-state index is 12.8. The first-order valence-corrected chi connectivity index (χ1v) is 10.3. The molecule has 0 radical (unpaired) electrons. The van der Waals surface area contributed by atoms with Crippen molar-refractivity contribution >= 4 is 11.8 Å². The van der Waals surface area contributed by atoms with Crippen LogP contribution in [0.4, 0.5) is 0 Å². The maximum absolute atomic E-state index is 12.8. The highest BCUT2D eigenvalue weighted by molar-refractivity contribution is 5.94. The van der Waals surface area contributed by atoms with Crippen molar-refractivity contribution in [1.29, 1.82) is 0 Å². The van der Waals surface area contributed by atoms with Gasteiger partial charge in [0.1, 0.15) is 0 Å². The zero-order valence-electron chi connectivity index (χ0n) is 16.8. The number of benzene rings is 1. The van der Waals surface area contributed by atoms with E-state index in [1.807, 2.05) is 21.9 Å². The van der Waals surface area contributed by atoms with Crippen LogP contribution in [0.25, 0.3) is 11.4 Å². The predicted octanol–water partition coefficient (Wildman–Crippen LogP) is 1.90. The van der Waals surface area contributed by atoms with Crippen LogP contribution in [0.3, 0.4) is 0 Å². The second-order valence-electron chi connectivity index (χ2n) is 7.83. The summed E-state index contributed by atoms with van der Waals surface area (Å²) in [6.07, 6.45) is 4.69. The van der Waals surface area contributed by atoms with E-state index in [0.717, 1.165) is 38.0 Å². The van der Waals surface area contributed by atoms with E-state index in [4.69, 9.17) is 4.52 Å². The van der Waals surface area contributed by atoms with Gasteiger partial charge in [-0.2, -0.15) is 4.98 Å². The van der Waals surface area contributed by atoms with E-state index in [9.17, 15) is 9.59 Å². The van der Waals surface area contributed by atoms with Gasteiger partial charge in [0.25, 0.3) is 5.91 Å². The Morgan fingerprint density at radius 1 is 1.07 bits per heavy atom.